The van der Waals surface area contributed by atoms with Crippen LogP contribution in [0.4, 0.5) is 6.01 Å². The van der Waals surface area contributed by atoms with Crippen molar-refractivity contribution in [3.8, 4) is 0 Å². The van der Waals surface area contributed by atoms with E-state index in [0.717, 1.165) is 31.8 Å². The summed E-state index contributed by atoms with van der Waals surface area (Å²) in [6.07, 6.45) is 2.01. The van der Waals surface area contributed by atoms with Crippen molar-refractivity contribution in [1.82, 2.24) is 10.1 Å². The Balaban J connectivity index is 2.11. The summed E-state index contributed by atoms with van der Waals surface area (Å²) in [5, 5.41) is 4.01. The molecule has 0 amide bonds. The number of ether oxygens (including phenoxy) is 1. The van der Waals surface area contributed by atoms with Crippen molar-refractivity contribution < 1.29 is 14.1 Å². The van der Waals surface area contributed by atoms with E-state index in [1.165, 1.54) is 7.11 Å². The van der Waals surface area contributed by atoms with Gasteiger partial charge in [0.25, 0.3) is 0 Å². The molecule has 1 aromatic rings. The molecule has 0 N–H and O–H groups in total. The van der Waals surface area contributed by atoms with Gasteiger partial charge in [0.05, 0.1) is 12.5 Å². The number of rotatable bonds is 4. The van der Waals surface area contributed by atoms with Crippen LogP contribution in [0.1, 0.15) is 52.3 Å². The van der Waals surface area contributed by atoms with Crippen molar-refractivity contribution in [3.63, 3.8) is 0 Å². The van der Waals surface area contributed by atoms with Gasteiger partial charge in [0.1, 0.15) is 0 Å². The summed E-state index contributed by atoms with van der Waals surface area (Å²) >= 11 is 0. The Morgan fingerprint density at radius 2 is 2.19 bits per heavy atom. The SMILES string of the molecule is COC(=O)C(C)(C)C1CCCN(c2nc(C(C)C)no2)C1. The minimum Gasteiger partial charge on any atom is -0.469 e. The Hall–Kier alpha value is -1.59. The fourth-order valence-electron chi connectivity index (χ4n) is 2.76. The van der Waals surface area contributed by atoms with Crippen molar-refractivity contribution >= 4 is 12.0 Å². The van der Waals surface area contributed by atoms with Crippen molar-refractivity contribution in [1.29, 1.82) is 0 Å². The Morgan fingerprint density at radius 3 is 2.76 bits per heavy atom. The first-order valence-corrected chi connectivity index (χ1v) is 7.53. The van der Waals surface area contributed by atoms with E-state index in [0.29, 0.717) is 6.01 Å². The maximum Gasteiger partial charge on any atom is 0.324 e. The maximum atomic E-state index is 12.0. The van der Waals surface area contributed by atoms with E-state index in [2.05, 4.69) is 15.0 Å². The molecular weight excluding hydrogens is 270 g/mol. The highest BCUT2D eigenvalue weighted by Crippen LogP contribution is 2.36. The monoisotopic (exact) mass is 295 g/mol. The highest BCUT2D eigenvalue weighted by Gasteiger charge is 2.40. The molecular formula is C15H25N3O3. The predicted molar refractivity (Wildman–Crippen MR) is 79.1 cm³/mol. The summed E-state index contributed by atoms with van der Waals surface area (Å²) in [6, 6.07) is 0.559. The third kappa shape index (κ3) is 3.19. The Morgan fingerprint density at radius 1 is 1.48 bits per heavy atom. The van der Waals surface area contributed by atoms with Crippen LogP contribution in [0.15, 0.2) is 4.52 Å². The van der Waals surface area contributed by atoms with Gasteiger partial charge in [-0.2, -0.15) is 4.98 Å². The van der Waals surface area contributed by atoms with Gasteiger partial charge in [-0.3, -0.25) is 4.79 Å². The molecule has 6 heteroatoms. The zero-order chi connectivity index (χ0) is 15.6. The second kappa shape index (κ2) is 6.03. The number of carbonyl (C=O) groups is 1. The second-order valence-electron chi connectivity index (χ2n) is 6.59. The molecule has 1 saturated heterocycles. The lowest BCUT2D eigenvalue weighted by molar-refractivity contribution is -0.154. The number of anilines is 1. The lowest BCUT2D eigenvalue weighted by atomic mass is 9.74. The summed E-state index contributed by atoms with van der Waals surface area (Å²) in [5.74, 6) is 1.02. The van der Waals surface area contributed by atoms with Crippen LogP contribution >= 0.6 is 0 Å². The Labute approximate surface area is 125 Å². The molecule has 0 bridgehead atoms. The largest absolute Gasteiger partial charge is 0.469 e. The molecule has 1 aliphatic rings. The lowest BCUT2D eigenvalue weighted by Crippen LogP contribution is -2.45. The molecule has 1 aromatic heterocycles. The van der Waals surface area contributed by atoms with Gasteiger partial charge in [-0.1, -0.05) is 19.0 Å². The molecule has 2 rings (SSSR count). The molecule has 118 valence electrons. The van der Waals surface area contributed by atoms with Crippen molar-refractivity contribution in [2.45, 2.75) is 46.5 Å². The molecule has 2 heterocycles. The molecule has 6 nitrogen and oxygen atoms in total. The predicted octanol–water partition coefficient (Wildman–Crippen LogP) is 2.61. The Bertz CT molecular complexity index is 496. The third-order valence-corrected chi connectivity index (χ3v) is 4.37. The Kier molecular flexibility index (Phi) is 4.54. The van der Waals surface area contributed by atoms with E-state index in [4.69, 9.17) is 9.26 Å². The first kappa shape index (κ1) is 15.8. The second-order valence-corrected chi connectivity index (χ2v) is 6.59. The number of carbonyl (C=O) groups excluding carboxylic acids is 1. The van der Waals surface area contributed by atoms with Crippen LogP contribution in [0.5, 0.6) is 0 Å². The van der Waals surface area contributed by atoms with Crippen molar-refractivity contribution in [3.05, 3.63) is 5.82 Å². The average Bonchev–Trinajstić information content (AvgIpc) is 2.96. The van der Waals surface area contributed by atoms with Gasteiger partial charge in [0.2, 0.25) is 0 Å². The van der Waals surface area contributed by atoms with Gasteiger partial charge in [0, 0.05) is 19.0 Å². The topological polar surface area (TPSA) is 68.5 Å². The first-order chi connectivity index (χ1) is 9.86. The third-order valence-electron chi connectivity index (χ3n) is 4.37. The van der Waals surface area contributed by atoms with Crippen molar-refractivity contribution in [2.24, 2.45) is 11.3 Å². The van der Waals surface area contributed by atoms with E-state index >= 15 is 0 Å². The van der Waals surface area contributed by atoms with Gasteiger partial charge in [-0.25, -0.2) is 0 Å². The summed E-state index contributed by atoms with van der Waals surface area (Å²) < 4.78 is 10.3. The van der Waals surface area contributed by atoms with E-state index in [9.17, 15) is 4.79 Å². The number of nitrogens with zero attached hydrogens (tertiary/aromatic N) is 3. The maximum absolute atomic E-state index is 12.0. The van der Waals surface area contributed by atoms with Crippen LogP contribution in [0.3, 0.4) is 0 Å². The quantitative estimate of drug-likeness (QED) is 0.795. The highest BCUT2D eigenvalue weighted by molar-refractivity contribution is 5.76. The van der Waals surface area contributed by atoms with Crippen LogP contribution in [-0.4, -0.2) is 36.3 Å². The molecule has 0 spiro atoms. The van der Waals surface area contributed by atoms with Crippen LogP contribution in [0, 0.1) is 11.3 Å². The van der Waals surface area contributed by atoms with Gasteiger partial charge in [0.15, 0.2) is 5.82 Å². The fourth-order valence-corrected chi connectivity index (χ4v) is 2.76. The van der Waals surface area contributed by atoms with Gasteiger partial charge in [-0.15, -0.1) is 0 Å². The number of hydrogen-bond acceptors (Lipinski definition) is 6. The van der Waals surface area contributed by atoms with E-state index in [-0.39, 0.29) is 17.8 Å². The summed E-state index contributed by atoms with van der Waals surface area (Å²) in [6.45, 7) is 9.58. The van der Waals surface area contributed by atoms with E-state index < -0.39 is 5.41 Å². The van der Waals surface area contributed by atoms with E-state index in [1.807, 2.05) is 27.7 Å². The van der Waals surface area contributed by atoms with Gasteiger partial charge < -0.3 is 14.2 Å². The summed E-state index contributed by atoms with van der Waals surface area (Å²) in [5.41, 5.74) is -0.506. The zero-order valence-electron chi connectivity index (χ0n) is 13.5. The molecule has 1 unspecified atom stereocenters. The van der Waals surface area contributed by atoms with Gasteiger partial charge >= 0.3 is 12.0 Å². The normalized spacial score (nSPS) is 19.9. The standard InChI is InChI=1S/C15H25N3O3/c1-10(2)12-16-14(21-17-12)18-8-6-7-11(9-18)15(3,4)13(19)20-5/h10-11H,6-9H2,1-5H3. The number of piperidine rings is 1. The number of methoxy groups -OCH3 is 1. The van der Waals surface area contributed by atoms with Crippen molar-refractivity contribution in [2.75, 3.05) is 25.1 Å². The molecule has 0 radical (unpaired) electrons. The van der Waals surface area contributed by atoms with Crippen LogP contribution in [0.2, 0.25) is 0 Å². The molecule has 1 aliphatic heterocycles. The van der Waals surface area contributed by atoms with Crippen LogP contribution in [-0.2, 0) is 9.53 Å². The minimum absolute atomic E-state index is 0.164. The van der Waals surface area contributed by atoms with Crippen LogP contribution in [0.25, 0.3) is 0 Å². The van der Waals surface area contributed by atoms with Crippen LogP contribution < -0.4 is 4.90 Å². The summed E-state index contributed by atoms with van der Waals surface area (Å²) in [7, 11) is 1.44. The molecule has 1 atom stereocenters. The molecule has 0 aromatic carbocycles. The number of aromatic nitrogens is 2. The molecule has 21 heavy (non-hydrogen) atoms. The minimum atomic E-state index is -0.506. The molecule has 1 fully saturated rings. The zero-order valence-corrected chi connectivity index (χ0v) is 13.5. The number of esters is 1. The smallest absolute Gasteiger partial charge is 0.324 e. The summed E-state index contributed by atoms with van der Waals surface area (Å²) in [4.78, 5) is 18.5. The fraction of sp³-hybridized carbons (Fsp3) is 0.800. The lowest BCUT2D eigenvalue weighted by Gasteiger charge is -2.38. The van der Waals surface area contributed by atoms with Gasteiger partial charge in [-0.05, 0) is 32.6 Å². The highest BCUT2D eigenvalue weighted by atomic mass is 16.5. The number of hydrogen-bond donors (Lipinski definition) is 0. The molecule has 0 aliphatic carbocycles. The molecule has 0 saturated carbocycles. The average molecular weight is 295 g/mol. The first-order valence-electron chi connectivity index (χ1n) is 7.53. The van der Waals surface area contributed by atoms with E-state index in [1.54, 1.807) is 0 Å².